The minimum Gasteiger partial charge on any atom is -0.444 e. The number of carbonyl (C=O) groups is 5. The van der Waals surface area contributed by atoms with E-state index >= 15 is 0 Å². The van der Waals surface area contributed by atoms with Crippen LogP contribution in [0.2, 0.25) is 0 Å². The van der Waals surface area contributed by atoms with Crippen molar-refractivity contribution in [2.24, 2.45) is 5.92 Å². The highest BCUT2D eigenvalue weighted by Gasteiger charge is 2.61. The standard InChI is InChI=1S/C38H48N6O9S/c1-37(2,3)53-35(48)39-30-19-11-6-4-5-8-16-27-21-38(27,34(47)42-54(50,51)41-28-17-9-7-10-18-28)40-32(45)31-20-29(24-44(31)33(30)46)52-36(49)43-22-25-14-12-13-15-26(25)23-43/h7-10,12-18,27,29-31,41H,4-6,11,19-24H2,1-3H3,(H,39,48)(H,40,45)(H,42,47). The number of amides is 5. The lowest BCUT2D eigenvalue weighted by molar-refractivity contribution is -0.141. The smallest absolute Gasteiger partial charge is 0.410 e. The van der Waals surface area contributed by atoms with Crippen LogP contribution >= 0.6 is 0 Å². The van der Waals surface area contributed by atoms with Gasteiger partial charge < -0.3 is 25.0 Å². The number of anilines is 1. The largest absolute Gasteiger partial charge is 0.444 e. The summed E-state index contributed by atoms with van der Waals surface area (Å²) in [4.78, 5) is 71.6. The number of nitrogens with one attached hydrogen (secondary N) is 4. The molecule has 6 rings (SSSR count). The van der Waals surface area contributed by atoms with Crippen LogP contribution in [0.4, 0.5) is 15.3 Å². The zero-order valence-electron chi connectivity index (χ0n) is 30.7. The fourth-order valence-corrected chi connectivity index (χ4v) is 8.12. The van der Waals surface area contributed by atoms with Gasteiger partial charge in [0.1, 0.15) is 29.3 Å². The molecule has 2 fully saturated rings. The average Bonchev–Trinajstić information content (AvgIpc) is 3.40. The Kier molecular flexibility index (Phi) is 11.2. The normalized spacial score (nSPS) is 25.8. The molecular weight excluding hydrogens is 717 g/mol. The number of nitrogens with zero attached hydrogens (tertiary/aromatic N) is 2. The summed E-state index contributed by atoms with van der Waals surface area (Å²) in [7, 11) is -4.39. The molecule has 54 heavy (non-hydrogen) atoms. The van der Waals surface area contributed by atoms with Crippen molar-refractivity contribution in [2.45, 2.75) is 108 Å². The van der Waals surface area contributed by atoms with Gasteiger partial charge in [-0.3, -0.25) is 24.0 Å². The van der Waals surface area contributed by atoms with E-state index in [1.807, 2.05) is 30.3 Å². The van der Waals surface area contributed by atoms with Crippen LogP contribution in [0.5, 0.6) is 0 Å². The number of para-hydroxylation sites is 1. The summed E-state index contributed by atoms with van der Waals surface area (Å²) < 4.78 is 41.8. The number of alkyl carbamates (subject to hydrolysis) is 1. The highest BCUT2D eigenvalue weighted by atomic mass is 32.2. The third kappa shape index (κ3) is 9.32. The minimum absolute atomic E-state index is 0.0880. The van der Waals surface area contributed by atoms with Gasteiger partial charge in [0.15, 0.2) is 0 Å². The van der Waals surface area contributed by atoms with Gasteiger partial charge >= 0.3 is 22.4 Å². The number of benzene rings is 2. The minimum atomic E-state index is -4.39. The lowest BCUT2D eigenvalue weighted by Crippen LogP contribution is -2.58. The van der Waals surface area contributed by atoms with Crippen LogP contribution in [0.1, 0.15) is 76.8 Å². The van der Waals surface area contributed by atoms with Crippen molar-refractivity contribution < 1.29 is 41.9 Å². The number of carbonyl (C=O) groups excluding carboxylic acids is 5. The summed E-state index contributed by atoms with van der Waals surface area (Å²) in [6.07, 6.45) is 4.44. The van der Waals surface area contributed by atoms with Gasteiger partial charge in [-0.25, -0.2) is 14.3 Å². The molecular formula is C38H48N6O9S. The van der Waals surface area contributed by atoms with E-state index in [4.69, 9.17) is 9.47 Å². The first-order valence-corrected chi connectivity index (χ1v) is 19.8. The third-order valence-electron chi connectivity index (χ3n) is 9.96. The first kappa shape index (κ1) is 38.6. The van der Waals surface area contributed by atoms with Gasteiger partial charge in [0.25, 0.3) is 5.91 Å². The predicted molar refractivity (Wildman–Crippen MR) is 198 cm³/mol. The molecule has 3 aliphatic heterocycles. The molecule has 290 valence electrons. The highest BCUT2D eigenvalue weighted by molar-refractivity contribution is 7.91. The maximum absolute atomic E-state index is 14.4. The van der Waals surface area contributed by atoms with Crippen LogP contribution in [-0.2, 0) is 47.2 Å². The molecule has 15 nitrogen and oxygen atoms in total. The monoisotopic (exact) mass is 764 g/mol. The molecule has 2 aromatic rings. The average molecular weight is 765 g/mol. The Morgan fingerprint density at radius 3 is 2.31 bits per heavy atom. The maximum atomic E-state index is 14.4. The molecule has 5 amide bonds. The topological polar surface area (TPSA) is 193 Å². The zero-order valence-corrected chi connectivity index (χ0v) is 31.5. The Morgan fingerprint density at radius 2 is 1.63 bits per heavy atom. The molecule has 0 spiro atoms. The number of hydrogen-bond acceptors (Lipinski definition) is 9. The first-order chi connectivity index (χ1) is 25.6. The van der Waals surface area contributed by atoms with Crippen LogP contribution < -0.4 is 20.1 Å². The molecule has 0 bridgehead atoms. The molecule has 1 saturated carbocycles. The number of ether oxygens (including phenoxy) is 2. The fraction of sp³-hybridized carbons (Fsp3) is 0.500. The SMILES string of the molecule is CC(C)(C)OC(=O)NC1CCCCCC=CC2CC2(C(=O)NS(=O)(=O)Nc2ccccc2)NC(=O)C2CC(OC(=O)N3Cc4ccccc4C3)CN2C1=O. The fourth-order valence-electron chi connectivity index (χ4n) is 7.19. The molecule has 1 aliphatic carbocycles. The number of fused-ring (bicyclic) bond motifs is 3. The Hall–Kier alpha value is -5.12. The lowest BCUT2D eigenvalue weighted by Gasteiger charge is -2.30. The van der Waals surface area contributed by atoms with Crippen LogP contribution in [0.15, 0.2) is 66.7 Å². The van der Waals surface area contributed by atoms with Crippen LogP contribution in [-0.4, -0.2) is 84.0 Å². The molecule has 1 saturated heterocycles. The predicted octanol–water partition coefficient (Wildman–Crippen LogP) is 3.87. The zero-order chi connectivity index (χ0) is 38.7. The number of allylic oxidation sites excluding steroid dienone is 1. The lowest BCUT2D eigenvalue weighted by atomic mass is 10.0. The van der Waals surface area contributed by atoms with E-state index in [9.17, 15) is 32.4 Å². The van der Waals surface area contributed by atoms with E-state index in [1.54, 1.807) is 49.9 Å². The quantitative estimate of drug-likeness (QED) is 0.316. The van der Waals surface area contributed by atoms with Crippen molar-refractivity contribution in [3.05, 3.63) is 77.9 Å². The van der Waals surface area contributed by atoms with Crippen molar-refractivity contribution in [3.8, 4) is 0 Å². The van der Waals surface area contributed by atoms with Gasteiger partial charge in [-0.15, -0.1) is 0 Å². The van der Waals surface area contributed by atoms with E-state index in [1.165, 1.54) is 17.0 Å². The second-order valence-corrected chi connectivity index (χ2v) is 16.7. The molecule has 0 radical (unpaired) electrons. The summed E-state index contributed by atoms with van der Waals surface area (Å²) in [5.41, 5.74) is -0.225. The summed E-state index contributed by atoms with van der Waals surface area (Å²) in [5.74, 6) is -2.74. The van der Waals surface area contributed by atoms with E-state index in [-0.39, 0.29) is 31.5 Å². The van der Waals surface area contributed by atoms with Crippen molar-refractivity contribution in [3.63, 3.8) is 0 Å². The van der Waals surface area contributed by atoms with Crippen LogP contribution in [0.25, 0.3) is 0 Å². The summed E-state index contributed by atoms with van der Waals surface area (Å²) >= 11 is 0. The Morgan fingerprint density at radius 1 is 0.944 bits per heavy atom. The van der Waals surface area contributed by atoms with Crippen molar-refractivity contribution >= 4 is 45.8 Å². The van der Waals surface area contributed by atoms with E-state index in [0.717, 1.165) is 24.0 Å². The summed E-state index contributed by atoms with van der Waals surface area (Å²) in [6, 6.07) is 13.4. The van der Waals surface area contributed by atoms with Gasteiger partial charge in [-0.1, -0.05) is 67.5 Å². The number of rotatable bonds is 6. The molecule has 5 atom stereocenters. The van der Waals surface area contributed by atoms with E-state index in [0.29, 0.717) is 25.9 Å². The Bertz CT molecular complexity index is 1870. The molecule has 0 aromatic heterocycles. The van der Waals surface area contributed by atoms with E-state index < -0.39 is 75.4 Å². The summed E-state index contributed by atoms with van der Waals surface area (Å²) in [6.45, 7) is 5.68. The third-order valence-corrected chi connectivity index (χ3v) is 10.9. The summed E-state index contributed by atoms with van der Waals surface area (Å²) in [5, 5.41) is 5.48. The second kappa shape index (κ2) is 15.7. The molecule has 5 unspecified atom stereocenters. The van der Waals surface area contributed by atoms with Crippen molar-refractivity contribution in [1.82, 2.24) is 25.2 Å². The molecule has 4 aliphatic rings. The van der Waals surface area contributed by atoms with Gasteiger partial charge in [0.2, 0.25) is 11.8 Å². The maximum Gasteiger partial charge on any atom is 0.410 e. The van der Waals surface area contributed by atoms with Crippen molar-refractivity contribution in [1.29, 1.82) is 0 Å². The van der Waals surface area contributed by atoms with Crippen molar-refractivity contribution in [2.75, 3.05) is 11.3 Å². The molecule has 3 heterocycles. The Balaban J connectivity index is 1.25. The molecule has 16 heteroatoms. The van der Waals surface area contributed by atoms with E-state index in [2.05, 4.69) is 20.1 Å². The highest BCUT2D eigenvalue weighted by Crippen LogP contribution is 2.46. The van der Waals surface area contributed by atoms with Gasteiger partial charge in [-0.2, -0.15) is 8.42 Å². The van der Waals surface area contributed by atoms with Crippen LogP contribution in [0.3, 0.4) is 0 Å². The van der Waals surface area contributed by atoms with Gasteiger partial charge in [0.05, 0.1) is 12.2 Å². The molecule has 4 N–H and O–H groups in total. The second-order valence-electron chi connectivity index (χ2n) is 15.3. The number of hydrogen-bond donors (Lipinski definition) is 4. The molecule has 2 aromatic carbocycles. The Labute approximate surface area is 315 Å². The van der Waals surface area contributed by atoms with Gasteiger partial charge in [0, 0.05) is 25.4 Å². The van der Waals surface area contributed by atoms with Gasteiger partial charge in [-0.05, 0) is 69.7 Å². The first-order valence-electron chi connectivity index (χ1n) is 18.3. The van der Waals surface area contributed by atoms with Crippen LogP contribution in [0, 0.1) is 5.92 Å².